The highest BCUT2D eigenvalue weighted by Gasteiger charge is 2.48. The minimum atomic E-state index is -0.800. The molecule has 0 spiro atoms. The molecule has 3 atom stereocenters. The summed E-state index contributed by atoms with van der Waals surface area (Å²) in [6.45, 7) is 5.46. The van der Waals surface area contributed by atoms with E-state index in [9.17, 15) is 10.1 Å². The minimum absolute atomic E-state index is 0.133. The average Bonchev–Trinajstić information content (AvgIpc) is 2.78. The molecule has 1 aliphatic rings. The number of carbonyl (C=O) groups is 1. The summed E-state index contributed by atoms with van der Waals surface area (Å²) < 4.78 is 5.30. The average molecular weight is 272 g/mol. The van der Waals surface area contributed by atoms with Gasteiger partial charge in [0, 0.05) is 6.04 Å². The lowest BCUT2D eigenvalue weighted by Crippen LogP contribution is -2.47. The van der Waals surface area contributed by atoms with Gasteiger partial charge in [0.15, 0.2) is 0 Å². The molecular formula is C16H20N2O2. The van der Waals surface area contributed by atoms with Gasteiger partial charge in [-0.15, -0.1) is 0 Å². The van der Waals surface area contributed by atoms with Crippen LogP contribution in [0.5, 0.6) is 0 Å². The van der Waals surface area contributed by atoms with Gasteiger partial charge in [0.1, 0.15) is 5.54 Å². The van der Waals surface area contributed by atoms with Crippen LogP contribution in [0.3, 0.4) is 0 Å². The second kappa shape index (κ2) is 5.64. The van der Waals surface area contributed by atoms with E-state index in [0.717, 1.165) is 5.56 Å². The number of benzene rings is 1. The number of hydrogen-bond donors (Lipinski definition) is 1. The van der Waals surface area contributed by atoms with Crippen molar-refractivity contribution < 1.29 is 9.53 Å². The molecule has 2 rings (SSSR count). The second-order valence-corrected chi connectivity index (χ2v) is 5.76. The third kappa shape index (κ3) is 2.83. The molecule has 0 aromatic heterocycles. The number of carbonyl (C=O) groups excluding carboxylic acids is 1. The topological polar surface area (TPSA) is 62.1 Å². The predicted octanol–water partition coefficient (Wildman–Crippen LogP) is 2.57. The zero-order valence-corrected chi connectivity index (χ0v) is 12.1. The van der Waals surface area contributed by atoms with Gasteiger partial charge in [-0.2, -0.15) is 5.26 Å². The zero-order chi connectivity index (χ0) is 14.8. The summed E-state index contributed by atoms with van der Waals surface area (Å²) >= 11 is 0. The molecule has 1 heterocycles. The molecule has 20 heavy (non-hydrogen) atoms. The van der Waals surface area contributed by atoms with Crippen molar-refractivity contribution in [2.75, 3.05) is 0 Å². The fourth-order valence-electron chi connectivity index (χ4n) is 2.64. The lowest BCUT2D eigenvalue weighted by atomic mass is 9.91. The first-order chi connectivity index (χ1) is 9.46. The molecule has 1 saturated heterocycles. The van der Waals surface area contributed by atoms with E-state index in [1.165, 1.54) is 0 Å². The summed E-state index contributed by atoms with van der Waals surface area (Å²) in [4.78, 5) is 12.2. The maximum absolute atomic E-state index is 12.2. The summed E-state index contributed by atoms with van der Waals surface area (Å²) in [5.74, 6) is -0.520. The molecule has 1 aromatic rings. The van der Waals surface area contributed by atoms with Gasteiger partial charge in [0.05, 0.1) is 18.1 Å². The molecule has 1 aromatic carbocycles. The van der Waals surface area contributed by atoms with Crippen molar-refractivity contribution in [3.05, 3.63) is 35.9 Å². The SMILES string of the molecule is CC(C)OC(=O)[C@]1(C)C[C@@H](C#N)[C@@H](c2ccccc2)N1. The number of esters is 1. The first kappa shape index (κ1) is 14.5. The van der Waals surface area contributed by atoms with Crippen molar-refractivity contribution in [3.63, 3.8) is 0 Å². The normalized spacial score (nSPS) is 29.1. The van der Waals surface area contributed by atoms with Crippen molar-refractivity contribution in [1.82, 2.24) is 5.32 Å². The van der Waals surface area contributed by atoms with Crippen LogP contribution in [-0.2, 0) is 9.53 Å². The van der Waals surface area contributed by atoms with Gasteiger partial charge in [0.25, 0.3) is 0 Å². The Hall–Kier alpha value is -1.86. The van der Waals surface area contributed by atoms with Crippen LogP contribution in [-0.4, -0.2) is 17.6 Å². The molecule has 0 aliphatic carbocycles. The molecule has 0 saturated carbocycles. The minimum Gasteiger partial charge on any atom is -0.462 e. The van der Waals surface area contributed by atoms with E-state index in [4.69, 9.17) is 4.74 Å². The second-order valence-electron chi connectivity index (χ2n) is 5.76. The van der Waals surface area contributed by atoms with Crippen molar-refractivity contribution in [2.45, 2.75) is 44.9 Å². The Bertz CT molecular complexity index is 521. The van der Waals surface area contributed by atoms with E-state index in [1.54, 1.807) is 0 Å². The highest BCUT2D eigenvalue weighted by atomic mass is 16.5. The summed E-state index contributed by atoms with van der Waals surface area (Å²) in [7, 11) is 0. The van der Waals surface area contributed by atoms with Crippen LogP contribution >= 0.6 is 0 Å². The molecule has 1 N–H and O–H groups in total. The Kier molecular flexibility index (Phi) is 4.10. The number of nitrogens with one attached hydrogen (secondary N) is 1. The first-order valence-corrected chi connectivity index (χ1v) is 6.89. The Morgan fingerprint density at radius 3 is 2.65 bits per heavy atom. The van der Waals surface area contributed by atoms with Crippen molar-refractivity contribution >= 4 is 5.97 Å². The number of rotatable bonds is 3. The maximum Gasteiger partial charge on any atom is 0.326 e. The van der Waals surface area contributed by atoms with Crippen molar-refractivity contribution in [1.29, 1.82) is 5.26 Å². The number of ether oxygens (including phenoxy) is 1. The smallest absolute Gasteiger partial charge is 0.326 e. The molecule has 1 aliphatic heterocycles. The zero-order valence-electron chi connectivity index (χ0n) is 12.1. The van der Waals surface area contributed by atoms with E-state index in [2.05, 4.69) is 11.4 Å². The fourth-order valence-corrected chi connectivity index (χ4v) is 2.64. The molecular weight excluding hydrogens is 252 g/mol. The van der Waals surface area contributed by atoms with Gasteiger partial charge in [-0.05, 0) is 32.8 Å². The van der Waals surface area contributed by atoms with Crippen LogP contribution < -0.4 is 5.32 Å². The summed E-state index contributed by atoms with van der Waals surface area (Å²) in [6, 6.07) is 11.9. The lowest BCUT2D eigenvalue weighted by Gasteiger charge is -2.25. The molecule has 4 heteroatoms. The first-order valence-electron chi connectivity index (χ1n) is 6.89. The fraction of sp³-hybridized carbons (Fsp3) is 0.500. The van der Waals surface area contributed by atoms with Crippen LogP contribution in [0.15, 0.2) is 30.3 Å². The third-order valence-electron chi connectivity index (χ3n) is 3.62. The van der Waals surface area contributed by atoms with Gasteiger partial charge in [-0.1, -0.05) is 30.3 Å². The molecule has 0 amide bonds. The highest BCUT2D eigenvalue weighted by molar-refractivity contribution is 5.81. The summed E-state index contributed by atoms with van der Waals surface area (Å²) in [5, 5.41) is 12.6. The van der Waals surface area contributed by atoms with E-state index < -0.39 is 5.54 Å². The third-order valence-corrected chi connectivity index (χ3v) is 3.62. The molecule has 1 fully saturated rings. The molecule has 0 unspecified atom stereocenters. The van der Waals surface area contributed by atoms with Gasteiger partial charge < -0.3 is 4.74 Å². The number of hydrogen-bond acceptors (Lipinski definition) is 4. The molecule has 0 radical (unpaired) electrons. The quantitative estimate of drug-likeness (QED) is 0.859. The van der Waals surface area contributed by atoms with Gasteiger partial charge >= 0.3 is 5.97 Å². The lowest BCUT2D eigenvalue weighted by molar-refractivity contribution is -0.154. The van der Waals surface area contributed by atoms with Gasteiger partial charge in [0.2, 0.25) is 0 Å². The van der Waals surface area contributed by atoms with E-state index in [0.29, 0.717) is 6.42 Å². The predicted molar refractivity (Wildman–Crippen MR) is 75.7 cm³/mol. The van der Waals surface area contributed by atoms with Crippen molar-refractivity contribution in [2.24, 2.45) is 5.92 Å². The van der Waals surface area contributed by atoms with Gasteiger partial charge in [-0.25, -0.2) is 0 Å². The Balaban J connectivity index is 2.22. The monoisotopic (exact) mass is 272 g/mol. The van der Waals surface area contributed by atoms with Crippen molar-refractivity contribution in [3.8, 4) is 6.07 Å². The molecule has 4 nitrogen and oxygen atoms in total. The largest absolute Gasteiger partial charge is 0.462 e. The Morgan fingerprint density at radius 2 is 2.10 bits per heavy atom. The van der Waals surface area contributed by atoms with E-state index in [-0.39, 0.29) is 24.0 Å². The van der Waals surface area contributed by atoms with Crippen LogP contribution in [0, 0.1) is 17.2 Å². The van der Waals surface area contributed by atoms with Crippen LogP contribution in [0.4, 0.5) is 0 Å². The van der Waals surface area contributed by atoms with Crippen LogP contribution in [0.2, 0.25) is 0 Å². The van der Waals surface area contributed by atoms with E-state index >= 15 is 0 Å². The van der Waals surface area contributed by atoms with Crippen LogP contribution in [0.25, 0.3) is 0 Å². The Morgan fingerprint density at radius 1 is 1.45 bits per heavy atom. The number of nitriles is 1. The maximum atomic E-state index is 12.2. The molecule has 0 bridgehead atoms. The summed E-state index contributed by atoms with van der Waals surface area (Å²) in [5.41, 5.74) is 0.227. The summed E-state index contributed by atoms with van der Waals surface area (Å²) in [6.07, 6.45) is 0.312. The van der Waals surface area contributed by atoms with Gasteiger partial charge in [-0.3, -0.25) is 10.1 Å². The number of nitrogens with zero attached hydrogens (tertiary/aromatic N) is 1. The highest BCUT2D eigenvalue weighted by Crippen LogP contribution is 2.38. The van der Waals surface area contributed by atoms with E-state index in [1.807, 2.05) is 51.1 Å². The molecule has 106 valence electrons. The Labute approximate surface area is 119 Å². The van der Waals surface area contributed by atoms with Crippen LogP contribution in [0.1, 0.15) is 38.8 Å². The standard InChI is InChI=1S/C16H20N2O2/c1-11(2)20-15(19)16(3)9-13(10-17)14(18-16)12-7-5-4-6-8-12/h4-8,11,13-14,18H,9H2,1-3H3/t13-,14+,16-/m0/s1.